The Balaban J connectivity index is 2.15. The van der Waals surface area contributed by atoms with Gasteiger partial charge in [-0.1, -0.05) is 6.07 Å². The van der Waals surface area contributed by atoms with Gasteiger partial charge in [0.1, 0.15) is 29.3 Å². The number of ether oxygens (including phenoxy) is 1. The van der Waals surface area contributed by atoms with Gasteiger partial charge in [0.05, 0.1) is 11.1 Å². The van der Waals surface area contributed by atoms with Crippen molar-refractivity contribution in [3.8, 4) is 0 Å². The van der Waals surface area contributed by atoms with Gasteiger partial charge >= 0.3 is 13.3 Å². The Bertz CT molecular complexity index is 1190. The van der Waals surface area contributed by atoms with Crippen LogP contribution < -0.4 is 5.73 Å². The Hall–Kier alpha value is -2.17. The minimum absolute atomic E-state index is 0.162. The number of aliphatic hydroxyl groups is 1. The average Bonchev–Trinajstić information content (AvgIpc) is 3.07. The molecule has 0 saturated heterocycles. The number of hydrogen-bond donors (Lipinski definition) is 5. The van der Waals surface area contributed by atoms with Crippen LogP contribution >= 0.6 is 7.60 Å². The number of halogens is 2. The van der Waals surface area contributed by atoms with E-state index < -0.39 is 25.3 Å². The fraction of sp³-hybridized carbons (Fsp3) is 0.500. The summed E-state index contributed by atoms with van der Waals surface area (Å²) in [6.07, 6.45) is -1.17. The van der Waals surface area contributed by atoms with E-state index in [0.717, 1.165) is 0 Å². The summed E-state index contributed by atoms with van der Waals surface area (Å²) in [5.41, 5.74) is 3.24. The van der Waals surface area contributed by atoms with Crippen molar-refractivity contribution in [2.45, 2.75) is 57.9 Å². The highest BCUT2D eigenvalue weighted by molar-refractivity contribution is 7.53. The molecule has 0 spiro atoms. The number of rotatable bonds is 9. The van der Waals surface area contributed by atoms with Crippen molar-refractivity contribution >= 4 is 35.3 Å². The van der Waals surface area contributed by atoms with E-state index >= 15 is 0 Å². The fourth-order valence-electron chi connectivity index (χ4n) is 3.54. The van der Waals surface area contributed by atoms with Crippen LogP contribution in [-0.2, 0) is 28.8 Å². The molecule has 12 heteroatoms. The van der Waals surface area contributed by atoms with Crippen LogP contribution in [0.2, 0.25) is 0 Å². The van der Waals surface area contributed by atoms with E-state index in [1.807, 2.05) is 6.92 Å². The summed E-state index contributed by atoms with van der Waals surface area (Å²) in [7, 11) is -5.58. The number of imidazole rings is 1. The van der Waals surface area contributed by atoms with Crippen LogP contribution in [0.15, 0.2) is 12.1 Å². The summed E-state index contributed by atoms with van der Waals surface area (Å²) in [5, 5.41) is 11.0. The lowest BCUT2D eigenvalue weighted by Crippen LogP contribution is -2.22. The fourth-order valence-corrected chi connectivity index (χ4v) is 3.95. The van der Waals surface area contributed by atoms with Crippen molar-refractivity contribution in [2.24, 2.45) is 0 Å². The van der Waals surface area contributed by atoms with Gasteiger partial charge in [-0.15, -0.1) is 0 Å². The third-order valence-corrected chi connectivity index (χ3v) is 6.03. The Labute approximate surface area is 183 Å². The Morgan fingerprint density at radius 2 is 1.94 bits per heavy atom. The second-order valence-corrected chi connectivity index (χ2v) is 10.1. The van der Waals surface area contributed by atoms with Crippen molar-refractivity contribution < 1.29 is 33.0 Å². The summed E-state index contributed by atoms with van der Waals surface area (Å²) in [6.45, 7) is 5.81. The quantitative estimate of drug-likeness (QED) is 0.297. The molecular formula is C20H27F2N4O5P. The molecule has 2 heterocycles. The van der Waals surface area contributed by atoms with Crippen LogP contribution in [0, 0.1) is 0 Å². The number of nitrogen functional groups attached to an aromatic ring is 1. The second kappa shape index (κ2) is 8.64. The number of hydrogen-bond acceptors (Lipinski definition) is 6. The van der Waals surface area contributed by atoms with Crippen LogP contribution in [0.3, 0.4) is 0 Å². The monoisotopic (exact) mass is 472 g/mol. The van der Waals surface area contributed by atoms with E-state index in [0.29, 0.717) is 45.5 Å². The predicted octanol–water partition coefficient (Wildman–Crippen LogP) is 3.25. The summed E-state index contributed by atoms with van der Waals surface area (Å²) in [6, 6.07) is 3.18. The number of H-pyrrole nitrogens is 1. The number of alkyl halides is 2. The number of nitrogens with zero attached hydrogens (tertiary/aromatic N) is 2. The molecule has 0 fully saturated rings. The third kappa shape index (κ3) is 5.24. The van der Waals surface area contributed by atoms with Gasteiger partial charge in [0.2, 0.25) is 0 Å². The number of anilines is 1. The molecule has 176 valence electrons. The zero-order valence-corrected chi connectivity index (χ0v) is 18.9. The number of aryl methyl sites for hydroxylation is 1. The first-order valence-corrected chi connectivity index (χ1v) is 11.7. The van der Waals surface area contributed by atoms with Crippen LogP contribution in [0.4, 0.5) is 14.6 Å². The highest BCUT2D eigenvalue weighted by Crippen LogP contribution is 2.55. The number of aromatic nitrogens is 3. The molecule has 0 aliphatic rings. The van der Waals surface area contributed by atoms with E-state index in [9.17, 15) is 18.5 Å². The van der Waals surface area contributed by atoms with Gasteiger partial charge in [0, 0.05) is 24.8 Å². The number of benzene rings is 1. The maximum Gasteiger partial charge on any atom is 0.394 e. The van der Waals surface area contributed by atoms with Gasteiger partial charge in [-0.05, 0) is 44.4 Å². The van der Waals surface area contributed by atoms with Crippen LogP contribution in [-0.4, -0.2) is 47.7 Å². The molecule has 2 aromatic heterocycles. The van der Waals surface area contributed by atoms with E-state index in [1.54, 1.807) is 26.0 Å². The topological polar surface area (TPSA) is 155 Å². The minimum Gasteiger partial charge on any atom is -0.390 e. The zero-order valence-electron chi connectivity index (χ0n) is 18.0. The largest absolute Gasteiger partial charge is 0.394 e. The normalized spacial score (nSPS) is 13.4. The maximum atomic E-state index is 13.8. The Kier molecular flexibility index (Phi) is 6.61. The molecule has 3 aromatic rings. The molecule has 0 radical (unpaired) electrons. The van der Waals surface area contributed by atoms with Crippen LogP contribution in [0.1, 0.15) is 44.1 Å². The van der Waals surface area contributed by atoms with Crippen molar-refractivity contribution in [2.75, 3.05) is 12.3 Å². The first kappa shape index (κ1) is 24.5. The van der Waals surface area contributed by atoms with E-state index in [2.05, 4.69) is 15.0 Å². The molecule has 0 aliphatic carbocycles. The lowest BCUT2D eigenvalue weighted by atomic mass is 9.92. The zero-order chi connectivity index (χ0) is 23.9. The summed E-state index contributed by atoms with van der Waals surface area (Å²) in [5.74, 6) is 0.706. The van der Waals surface area contributed by atoms with Crippen molar-refractivity contribution in [1.82, 2.24) is 15.0 Å². The molecule has 0 saturated carbocycles. The summed E-state index contributed by atoms with van der Waals surface area (Å²) < 4.78 is 44.1. The van der Waals surface area contributed by atoms with Crippen molar-refractivity contribution in [3.63, 3.8) is 0 Å². The maximum absolute atomic E-state index is 13.8. The van der Waals surface area contributed by atoms with Crippen LogP contribution in [0.5, 0.6) is 0 Å². The lowest BCUT2D eigenvalue weighted by Gasteiger charge is -2.20. The standard InChI is InChI=1S/C20H27F2N4O5P/c1-4-31-10-14-25-16-15-12(9-19(2,3)27)7-11(5-6-20(21,22)32(28,29)30)8-13(15)24-18(23)17(16)26-14/h7-8,27H,4-6,9-10H2,1-3H3,(H2,23,24)(H,25,26)(H2,28,29,30). The SMILES string of the molecule is CCOCc1nc2c([nH]1)c(N)nc1cc(CCC(F)(F)P(=O)(O)O)cc(CC(C)(C)O)c12. The van der Waals surface area contributed by atoms with E-state index in [4.69, 9.17) is 20.3 Å². The molecule has 0 atom stereocenters. The smallest absolute Gasteiger partial charge is 0.390 e. The molecule has 6 N–H and O–H groups in total. The van der Waals surface area contributed by atoms with E-state index in [-0.39, 0.29) is 25.3 Å². The predicted molar refractivity (Wildman–Crippen MR) is 116 cm³/mol. The number of aromatic amines is 1. The summed E-state index contributed by atoms with van der Waals surface area (Å²) >= 11 is 0. The van der Waals surface area contributed by atoms with E-state index in [1.165, 1.54) is 0 Å². The lowest BCUT2D eigenvalue weighted by molar-refractivity contribution is 0.0506. The molecule has 0 bridgehead atoms. The molecule has 32 heavy (non-hydrogen) atoms. The first-order valence-electron chi connectivity index (χ1n) is 10.0. The van der Waals surface area contributed by atoms with Gasteiger partial charge in [-0.3, -0.25) is 4.57 Å². The first-order chi connectivity index (χ1) is 14.7. The number of nitrogens with two attached hydrogens (primary N) is 1. The Morgan fingerprint density at radius 1 is 1.25 bits per heavy atom. The molecule has 1 aromatic carbocycles. The van der Waals surface area contributed by atoms with Gasteiger partial charge in [0.25, 0.3) is 0 Å². The molecular weight excluding hydrogens is 445 g/mol. The third-order valence-electron chi connectivity index (χ3n) is 4.95. The van der Waals surface area contributed by atoms with Crippen LogP contribution in [0.25, 0.3) is 21.9 Å². The summed E-state index contributed by atoms with van der Waals surface area (Å²) in [4.78, 5) is 29.8. The minimum atomic E-state index is -5.58. The van der Waals surface area contributed by atoms with Gasteiger partial charge in [-0.2, -0.15) is 8.78 Å². The molecule has 3 rings (SSSR count). The highest BCUT2D eigenvalue weighted by Gasteiger charge is 2.47. The number of pyridine rings is 1. The number of fused-ring (bicyclic) bond motifs is 3. The van der Waals surface area contributed by atoms with Gasteiger partial charge in [0.15, 0.2) is 0 Å². The Morgan fingerprint density at radius 3 is 2.53 bits per heavy atom. The number of nitrogens with one attached hydrogen (secondary N) is 1. The molecule has 0 aliphatic heterocycles. The molecule has 0 unspecified atom stereocenters. The van der Waals surface area contributed by atoms with Gasteiger partial charge < -0.3 is 30.3 Å². The van der Waals surface area contributed by atoms with Crippen molar-refractivity contribution in [1.29, 1.82) is 0 Å². The van der Waals surface area contributed by atoms with Crippen molar-refractivity contribution in [3.05, 3.63) is 29.1 Å². The second-order valence-electron chi connectivity index (χ2n) is 8.39. The highest BCUT2D eigenvalue weighted by atomic mass is 31.2. The molecule has 0 amide bonds. The average molecular weight is 472 g/mol. The van der Waals surface area contributed by atoms with Gasteiger partial charge in [-0.25, -0.2) is 9.97 Å². The molecule has 9 nitrogen and oxygen atoms in total.